The Morgan fingerprint density at radius 1 is 0.644 bits per heavy atom. The van der Waals surface area contributed by atoms with Crippen LogP contribution < -0.4 is 32.3 Å². The smallest absolute Gasteiger partial charge is 0.326 e. The Bertz CT molecular complexity index is 1460. The number of nitrogens with one attached hydrogen (secondary N) is 5. The van der Waals surface area contributed by atoms with Gasteiger partial charge in [-0.3, -0.25) is 43.2 Å². The lowest BCUT2D eigenvalue weighted by Gasteiger charge is -2.25. The number of carbonyl (C=O) groups is 10. The molecule has 0 aliphatic heterocycles. The summed E-state index contributed by atoms with van der Waals surface area (Å²) < 4.78 is 0. The van der Waals surface area contributed by atoms with Crippen LogP contribution in [-0.4, -0.2) is 112 Å². The Labute approximate surface area is 344 Å². The van der Waals surface area contributed by atoms with E-state index in [2.05, 4.69) is 26.6 Å². The molecule has 334 valence electrons. The molecule has 20 heteroatoms. The first-order valence-electron chi connectivity index (χ1n) is 19.2. The number of carbonyl (C=O) groups excluding carboxylic acids is 6. The number of rotatable bonds is 19. The molecule has 1 atom stereocenters. The summed E-state index contributed by atoms with van der Waals surface area (Å²) in [5, 5.41) is 44.8. The molecule has 1 fully saturated rings. The second kappa shape index (κ2) is 35.1. The Morgan fingerprint density at radius 2 is 1.08 bits per heavy atom. The van der Waals surface area contributed by atoms with Crippen LogP contribution in [0.25, 0.3) is 0 Å². The lowest BCUT2D eigenvalue weighted by Crippen LogP contribution is -2.42. The first-order valence-corrected chi connectivity index (χ1v) is 19.2. The van der Waals surface area contributed by atoms with Gasteiger partial charge in [0.2, 0.25) is 29.5 Å². The molecule has 0 radical (unpaired) electrons. The zero-order chi connectivity index (χ0) is 45.9. The van der Waals surface area contributed by atoms with E-state index in [-0.39, 0.29) is 86.7 Å². The number of hydrogen-bond acceptors (Lipinski definition) is 10. The standard InChI is InChI=1S/C31H46N6O8.3C2H4O2.C2H6/c1-20-5-4-6-23(19-20)30(43)35-15-3-2-7-24(31(44)45)37-27(40)14-17-34-25(38)12-16-33-26(39)13-18-36-29(42)22-10-8-21(9-11-22)28(32)41;3*1-2(3)4;1-2/h4-6,19,21-22,24H,2-3,7-18H2,1H3,(H2,32,41)(H,33,39)(H,34,38)(H,35,43)(H,36,42)(H,37,40)(H,44,45);3*1H3,(H,3,4);1-2H3. The summed E-state index contributed by atoms with van der Waals surface area (Å²) in [6.45, 7) is 9.75. The second-order valence-electron chi connectivity index (χ2n) is 12.8. The minimum Gasteiger partial charge on any atom is -0.481 e. The van der Waals surface area contributed by atoms with Crippen molar-refractivity contribution in [3.05, 3.63) is 35.4 Å². The molecule has 1 aromatic carbocycles. The Morgan fingerprint density at radius 3 is 1.53 bits per heavy atom. The fraction of sp³-hybridized carbons (Fsp3) is 0.590. The van der Waals surface area contributed by atoms with Gasteiger partial charge in [0.25, 0.3) is 23.8 Å². The Hall–Kier alpha value is -6.08. The molecule has 11 N–H and O–H groups in total. The van der Waals surface area contributed by atoms with Crippen LogP contribution in [0.1, 0.15) is 115 Å². The predicted octanol–water partition coefficient (Wildman–Crippen LogP) is 1.57. The summed E-state index contributed by atoms with van der Waals surface area (Å²) in [6, 6.07) is 6.10. The molecule has 6 amide bonds. The third-order valence-electron chi connectivity index (χ3n) is 7.62. The number of nitrogens with two attached hydrogens (primary N) is 1. The summed E-state index contributed by atoms with van der Waals surface area (Å²) in [7, 11) is 0. The maximum absolute atomic E-state index is 12.3. The van der Waals surface area contributed by atoms with E-state index in [1.807, 2.05) is 26.8 Å². The lowest BCUT2D eigenvalue weighted by atomic mass is 9.81. The van der Waals surface area contributed by atoms with Crippen LogP contribution >= 0.6 is 0 Å². The summed E-state index contributed by atoms with van der Waals surface area (Å²) in [4.78, 5) is 110. The Kier molecular flexibility index (Phi) is 34.1. The number of aliphatic carboxylic acids is 4. The molecule has 0 aromatic heterocycles. The maximum Gasteiger partial charge on any atom is 0.326 e. The minimum atomic E-state index is -1.17. The predicted molar refractivity (Wildman–Crippen MR) is 216 cm³/mol. The van der Waals surface area contributed by atoms with Crippen LogP contribution in [0.2, 0.25) is 0 Å². The number of carboxylic acid groups (broad SMARTS) is 4. The van der Waals surface area contributed by atoms with E-state index in [4.69, 9.17) is 35.4 Å². The van der Waals surface area contributed by atoms with E-state index in [0.29, 0.717) is 50.6 Å². The van der Waals surface area contributed by atoms with Crippen molar-refractivity contribution in [1.82, 2.24) is 26.6 Å². The highest BCUT2D eigenvalue weighted by Gasteiger charge is 2.28. The topological polar surface area (TPSA) is 338 Å². The van der Waals surface area contributed by atoms with Crippen LogP contribution in [0.3, 0.4) is 0 Å². The molecule has 1 aliphatic rings. The molecule has 0 heterocycles. The van der Waals surface area contributed by atoms with Gasteiger partial charge in [0.15, 0.2) is 0 Å². The van der Waals surface area contributed by atoms with Gasteiger partial charge in [0.1, 0.15) is 6.04 Å². The van der Waals surface area contributed by atoms with Crippen molar-refractivity contribution in [2.24, 2.45) is 17.6 Å². The fourth-order valence-electron chi connectivity index (χ4n) is 4.98. The summed E-state index contributed by atoms with van der Waals surface area (Å²) >= 11 is 0. The van der Waals surface area contributed by atoms with Crippen LogP contribution in [0, 0.1) is 18.8 Å². The van der Waals surface area contributed by atoms with Crippen molar-refractivity contribution < 1.29 is 68.4 Å². The summed E-state index contributed by atoms with van der Waals surface area (Å²) in [6.07, 6.45) is 3.47. The molecule has 0 bridgehead atoms. The van der Waals surface area contributed by atoms with Gasteiger partial charge in [-0.05, 0) is 64.0 Å². The lowest BCUT2D eigenvalue weighted by molar-refractivity contribution is -0.142. The molecule has 2 rings (SSSR count). The number of unbranched alkanes of at least 4 members (excludes halogenated alkanes) is 1. The van der Waals surface area contributed by atoms with E-state index in [0.717, 1.165) is 26.3 Å². The van der Waals surface area contributed by atoms with Crippen molar-refractivity contribution in [3.8, 4) is 0 Å². The zero-order valence-electron chi connectivity index (χ0n) is 34.9. The maximum atomic E-state index is 12.3. The van der Waals surface area contributed by atoms with Crippen LogP contribution in [0.5, 0.6) is 0 Å². The van der Waals surface area contributed by atoms with Gasteiger partial charge in [-0.15, -0.1) is 0 Å². The molecular formula is C39H64N6O14. The molecule has 1 aliphatic carbocycles. The van der Waals surface area contributed by atoms with Gasteiger partial charge >= 0.3 is 5.97 Å². The number of carboxylic acids is 4. The molecule has 1 aromatic rings. The van der Waals surface area contributed by atoms with Crippen molar-refractivity contribution in [2.75, 3.05) is 26.2 Å². The van der Waals surface area contributed by atoms with Crippen LogP contribution in [0.15, 0.2) is 24.3 Å². The molecule has 20 nitrogen and oxygen atoms in total. The minimum absolute atomic E-state index is 0.00330. The number of aryl methyl sites for hydroxylation is 1. The van der Waals surface area contributed by atoms with Gasteiger partial charge in [-0.1, -0.05) is 31.5 Å². The summed E-state index contributed by atoms with van der Waals surface area (Å²) in [5.74, 6) is -5.97. The van der Waals surface area contributed by atoms with E-state index >= 15 is 0 Å². The molecule has 0 saturated heterocycles. The van der Waals surface area contributed by atoms with Crippen molar-refractivity contribution in [2.45, 2.75) is 112 Å². The van der Waals surface area contributed by atoms with E-state index < -0.39 is 35.8 Å². The quantitative estimate of drug-likeness (QED) is 0.0885. The first-order chi connectivity index (χ1) is 27.7. The summed E-state index contributed by atoms with van der Waals surface area (Å²) in [5.41, 5.74) is 6.84. The van der Waals surface area contributed by atoms with Gasteiger partial charge in [0.05, 0.1) is 0 Å². The van der Waals surface area contributed by atoms with E-state index in [1.165, 1.54) is 0 Å². The average molecular weight is 841 g/mol. The molecule has 59 heavy (non-hydrogen) atoms. The highest BCUT2D eigenvalue weighted by Crippen LogP contribution is 2.28. The molecule has 0 spiro atoms. The molecule has 1 saturated carbocycles. The third kappa shape index (κ3) is 36.0. The number of hydrogen-bond donors (Lipinski definition) is 10. The monoisotopic (exact) mass is 840 g/mol. The highest BCUT2D eigenvalue weighted by atomic mass is 16.4. The van der Waals surface area contributed by atoms with Crippen molar-refractivity contribution in [3.63, 3.8) is 0 Å². The molecule has 1 unspecified atom stereocenters. The zero-order valence-corrected chi connectivity index (χ0v) is 34.9. The molecular weight excluding hydrogens is 776 g/mol. The normalized spacial score (nSPS) is 13.9. The van der Waals surface area contributed by atoms with Gasteiger partial charge in [-0.2, -0.15) is 0 Å². The fourth-order valence-corrected chi connectivity index (χ4v) is 4.98. The first kappa shape index (κ1) is 57.2. The van der Waals surface area contributed by atoms with Crippen LogP contribution in [-0.2, 0) is 43.2 Å². The largest absolute Gasteiger partial charge is 0.481 e. The number of amides is 6. The number of benzene rings is 1. The van der Waals surface area contributed by atoms with Gasteiger partial charge in [0, 0.05) is 83.6 Å². The van der Waals surface area contributed by atoms with Crippen molar-refractivity contribution in [1.29, 1.82) is 0 Å². The van der Waals surface area contributed by atoms with Gasteiger partial charge < -0.3 is 52.7 Å². The van der Waals surface area contributed by atoms with E-state index in [9.17, 15) is 38.7 Å². The van der Waals surface area contributed by atoms with E-state index in [1.54, 1.807) is 18.2 Å². The Balaban J connectivity index is -0.00000194. The average Bonchev–Trinajstić information content (AvgIpc) is 3.14. The SMILES string of the molecule is CC.CC(=O)O.CC(=O)O.CC(=O)O.Cc1cccc(C(=O)NCCCCC(NC(=O)CCNC(=O)CCNC(=O)CCNC(=O)C2CCC(C(N)=O)CC2)C(=O)O)c1. The van der Waals surface area contributed by atoms with Crippen LogP contribution in [0.4, 0.5) is 0 Å². The van der Waals surface area contributed by atoms with Gasteiger partial charge in [-0.25, -0.2) is 4.79 Å². The number of primary amides is 1. The van der Waals surface area contributed by atoms with Crippen molar-refractivity contribution >= 4 is 59.3 Å². The second-order valence-corrected chi connectivity index (χ2v) is 12.8. The highest BCUT2D eigenvalue weighted by molar-refractivity contribution is 5.94. The third-order valence-corrected chi connectivity index (χ3v) is 7.62.